The first-order chi connectivity index (χ1) is 19.6. The van der Waals surface area contributed by atoms with Crippen LogP contribution >= 0.6 is 0 Å². The van der Waals surface area contributed by atoms with Crippen molar-refractivity contribution in [1.29, 1.82) is 0 Å². The van der Waals surface area contributed by atoms with Crippen LogP contribution in [0.15, 0.2) is 65.7 Å². The van der Waals surface area contributed by atoms with Gasteiger partial charge in [-0.1, -0.05) is 0 Å². The van der Waals surface area contributed by atoms with Gasteiger partial charge in [0.15, 0.2) is 5.69 Å². The largest absolute Gasteiger partial charge is 0.346 e. The predicted molar refractivity (Wildman–Crippen MR) is 148 cm³/mol. The molecule has 0 bridgehead atoms. The minimum atomic E-state index is -4.39. The van der Waals surface area contributed by atoms with Crippen molar-refractivity contribution in [3.8, 4) is 0 Å². The van der Waals surface area contributed by atoms with Gasteiger partial charge >= 0.3 is 15.9 Å². The van der Waals surface area contributed by atoms with Gasteiger partial charge in [0.05, 0.1) is 24.6 Å². The highest BCUT2D eigenvalue weighted by Crippen LogP contribution is 2.62. The van der Waals surface area contributed by atoms with Crippen molar-refractivity contribution in [3.05, 3.63) is 89.2 Å². The Morgan fingerprint density at radius 3 is 2.41 bits per heavy atom. The SMILES string of the molecule is CC(=O)[N+]1(S(=O)(=O)c2ccc(F)cc2)c2ccc(C(=O)NCc3ncccc3F)cc2C2(CCNCC2)C1C1CC1. The number of hydrogen-bond donors (Lipinski definition) is 2. The number of piperidine rings is 1. The monoisotopic (exact) mass is 581 g/mol. The van der Waals surface area contributed by atoms with Crippen molar-refractivity contribution in [1.82, 2.24) is 19.5 Å². The third-order valence-electron chi connectivity index (χ3n) is 8.88. The fourth-order valence-electron chi connectivity index (χ4n) is 7.02. The Morgan fingerprint density at radius 1 is 1.07 bits per heavy atom. The zero-order chi connectivity index (χ0) is 29.0. The molecule has 11 heteroatoms. The van der Waals surface area contributed by atoms with E-state index in [0.29, 0.717) is 37.2 Å². The van der Waals surface area contributed by atoms with Crippen LogP contribution in [0.2, 0.25) is 0 Å². The second-order valence-corrected chi connectivity index (χ2v) is 13.1. The Bertz CT molecular complexity index is 1640. The number of amides is 2. The van der Waals surface area contributed by atoms with E-state index >= 15 is 0 Å². The van der Waals surface area contributed by atoms with E-state index in [9.17, 15) is 26.8 Å². The molecule has 2 fully saturated rings. The number of halogens is 2. The number of rotatable bonds is 6. The second kappa shape index (κ2) is 10.1. The summed E-state index contributed by atoms with van der Waals surface area (Å²) in [5, 5.41) is 6.07. The van der Waals surface area contributed by atoms with Gasteiger partial charge in [-0.2, -0.15) is 8.42 Å². The van der Waals surface area contributed by atoms with E-state index in [1.165, 1.54) is 43.5 Å². The van der Waals surface area contributed by atoms with Crippen LogP contribution in [-0.4, -0.2) is 44.3 Å². The Hall–Kier alpha value is -3.54. The van der Waals surface area contributed by atoms with Gasteiger partial charge in [-0.15, -0.1) is 3.89 Å². The Labute approximate surface area is 237 Å². The number of benzene rings is 2. The summed E-state index contributed by atoms with van der Waals surface area (Å²) < 4.78 is 56.3. The van der Waals surface area contributed by atoms with Crippen LogP contribution in [-0.2, 0) is 26.8 Å². The summed E-state index contributed by atoms with van der Waals surface area (Å²) in [7, 11) is -4.39. The maximum atomic E-state index is 14.6. The maximum absolute atomic E-state index is 14.6. The van der Waals surface area contributed by atoms with Gasteiger partial charge in [-0.05, 0) is 87.3 Å². The summed E-state index contributed by atoms with van der Waals surface area (Å²) in [5.74, 6) is -2.11. The molecular formula is C30H31F2N4O4S+. The molecule has 1 saturated heterocycles. The van der Waals surface area contributed by atoms with E-state index in [-0.39, 0.29) is 28.6 Å². The number of quaternary nitrogens is 1. The molecule has 1 spiro atoms. The number of carbonyl (C=O) groups is 2. The normalized spacial score (nSPS) is 23.2. The third kappa shape index (κ3) is 4.21. The van der Waals surface area contributed by atoms with Crippen LogP contribution < -0.4 is 14.5 Å². The zero-order valence-corrected chi connectivity index (χ0v) is 23.4. The molecule has 2 aliphatic heterocycles. The fraction of sp³-hybridized carbons (Fsp3) is 0.367. The lowest BCUT2D eigenvalue weighted by Crippen LogP contribution is -2.67. The Morgan fingerprint density at radius 2 is 1.78 bits per heavy atom. The van der Waals surface area contributed by atoms with E-state index in [4.69, 9.17) is 0 Å². The zero-order valence-electron chi connectivity index (χ0n) is 22.6. The van der Waals surface area contributed by atoms with Crippen LogP contribution in [0, 0.1) is 17.6 Å². The molecule has 3 aromatic rings. The van der Waals surface area contributed by atoms with Crippen LogP contribution in [0.25, 0.3) is 0 Å². The van der Waals surface area contributed by atoms with E-state index in [2.05, 4.69) is 15.6 Å². The molecule has 214 valence electrons. The Balaban J connectivity index is 1.51. The lowest BCUT2D eigenvalue weighted by atomic mass is 9.68. The molecule has 3 aliphatic rings. The molecule has 0 radical (unpaired) electrons. The lowest BCUT2D eigenvalue weighted by Gasteiger charge is -2.43. The van der Waals surface area contributed by atoms with Crippen LogP contribution in [0.3, 0.4) is 0 Å². The summed E-state index contributed by atoms with van der Waals surface area (Å²) in [6, 6.07) is 11.6. The maximum Gasteiger partial charge on any atom is 0.339 e. The predicted octanol–water partition coefficient (Wildman–Crippen LogP) is 3.95. The minimum Gasteiger partial charge on any atom is -0.346 e. The van der Waals surface area contributed by atoms with Gasteiger partial charge in [-0.25, -0.2) is 13.6 Å². The topological polar surface area (TPSA) is 105 Å². The molecule has 1 saturated carbocycles. The first-order valence-electron chi connectivity index (χ1n) is 13.8. The molecule has 2 amide bonds. The summed E-state index contributed by atoms with van der Waals surface area (Å²) >= 11 is 0. The third-order valence-corrected chi connectivity index (χ3v) is 11.2. The van der Waals surface area contributed by atoms with Gasteiger partial charge in [0.25, 0.3) is 5.91 Å². The van der Waals surface area contributed by atoms with Gasteiger partial charge in [0, 0.05) is 29.3 Å². The number of pyridine rings is 1. The van der Waals surface area contributed by atoms with Crippen molar-refractivity contribution in [2.45, 2.75) is 55.5 Å². The average molecular weight is 582 g/mol. The standard InChI is InChI=1S/C30H30F2N4O4S/c1-19(37)36(41(39,40)23-9-7-22(31)8-10-23)27-11-6-21(29(38)35-18-26-25(32)3-2-14-34-26)17-24(27)30(12-15-33-16-13-30)28(36)20-4-5-20/h2-3,6-11,14,17,20,28,33H,4-5,12-13,15-16,18H2,1H3/p+1. The summed E-state index contributed by atoms with van der Waals surface area (Å²) in [6.07, 6.45) is 4.22. The number of nitrogens with zero attached hydrogens (tertiary/aromatic N) is 2. The lowest BCUT2D eigenvalue weighted by molar-refractivity contribution is -0.126. The second-order valence-electron chi connectivity index (χ2n) is 11.1. The first kappa shape index (κ1) is 27.6. The molecule has 2 atom stereocenters. The first-order valence-corrected chi connectivity index (χ1v) is 15.2. The average Bonchev–Trinajstić information content (AvgIpc) is 3.77. The number of aromatic nitrogens is 1. The molecule has 6 rings (SSSR count). The van der Waals surface area contributed by atoms with Crippen molar-refractivity contribution in [3.63, 3.8) is 0 Å². The fourth-order valence-corrected chi connectivity index (χ4v) is 9.26. The quantitative estimate of drug-likeness (QED) is 0.428. The smallest absolute Gasteiger partial charge is 0.339 e. The van der Waals surface area contributed by atoms with E-state index < -0.39 is 48.8 Å². The van der Waals surface area contributed by atoms with Crippen molar-refractivity contribution >= 4 is 27.5 Å². The van der Waals surface area contributed by atoms with Crippen LogP contribution in [0.5, 0.6) is 0 Å². The van der Waals surface area contributed by atoms with Crippen molar-refractivity contribution in [2.24, 2.45) is 5.92 Å². The molecule has 1 aliphatic carbocycles. The van der Waals surface area contributed by atoms with Crippen LogP contribution in [0.4, 0.5) is 14.5 Å². The van der Waals surface area contributed by atoms with Gasteiger partial charge < -0.3 is 10.6 Å². The Kier molecular flexibility index (Phi) is 6.79. The molecule has 1 aromatic heterocycles. The summed E-state index contributed by atoms with van der Waals surface area (Å²) in [6.45, 7) is 2.45. The number of carbonyl (C=O) groups excluding carboxylic acids is 2. The molecule has 8 nitrogen and oxygen atoms in total. The highest BCUT2D eigenvalue weighted by molar-refractivity contribution is 7.91. The molecule has 2 unspecified atom stereocenters. The number of sulfonamides is 1. The molecule has 3 heterocycles. The van der Waals surface area contributed by atoms with E-state index in [1.54, 1.807) is 12.1 Å². The highest BCUT2D eigenvalue weighted by atomic mass is 32.2. The number of fused-ring (bicyclic) bond motifs is 2. The molecular weight excluding hydrogens is 550 g/mol. The van der Waals surface area contributed by atoms with Gasteiger partial charge in [0.2, 0.25) is 0 Å². The van der Waals surface area contributed by atoms with Crippen molar-refractivity contribution in [2.75, 3.05) is 13.1 Å². The van der Waals surface area contributed by atoms with E-state index in [1.807, 2.05) is 0 Å². The number of nitrogens with one attached hydrogen (secondary N) is 2. The van der Waals surface area contributed by atoms with Gasteiger partial charge in [-0.3, -0.25) is 9.78 Å². The molecule has 2 N–H and O–H groups in total. The minimum absolute atomic E-state index is 0.0102. The van der Waals surface area contributed by atoms with Crippen molar-refractivity contribution < 1.29 is 26.8 Å². The molecule has 2 aromatic carbocycles. The summed E-state index contributed by atoms with van der Waals surface area (Å²) in [4.78, 5) is 31.0. The number of hydrogen-bond acceptors (Lipinski definition) is 6. The van der Waals surface area contributed by atoms with Gasteiger partial charge in [0.1, 0.15) is 22.6 Å². The molecule has 41 heavy (non-hydrogen) atoms. The van der Waals surface area contributed by atoms with E-state index in [0.717, 1.165) is 25.0 Å². The summed E-state index contributed by atoms with van der Waals surface area (Å²) in [5.41, 5.74) is 0.726. The highest BCUT2D eigenvalue weighted by Gasteiger charge is 2.73. The van der Waals surface area contributed by atoms with Crippen LogP contribution in [0.1, 0.15) is 54.2 Å².